The Morgan fingerprint density at radius 2 is 1.88 bits per heavy atom. The van der Waals surface area contributed by atoms with Gasteiger partial charge in [0.2, 0.25) is 0 Å². The molecule has 17 heavy (non-hydrogen) atoms. The first-order valence-electron chi connectivity index (χ1n) is 5.29. The van der Waals surface area contributed by atoms with Gasteiger partial charge in [0, 0.05) is 0 Å². The molecule has 0 aliphatic carbocycles. The van der Waals surface area contributed by atoms with Crippen LogP contribution in [0.5, 0.6) is 0 Å². The zero-order valence-electron chi connectivity index (χ0n) is 9.22. The van der Waals surface area contributed by atoms with Crippen molar-refractivity contribution in [3.63, 3.8) is 0 Å². The molecule has 0 spiro atoms. The van der Waals surface area contributed by atoms with E-state index in [1.54, 1.807) is 0 Å². The van der Waals surface area contributed by atoms with E-state index in [2.05, 4.69) is 0 Å². The molecule has 1 fully saturated rings. The normalized spacial score (nSPS) is 40.2. The number of hydrogen-bond acceptors (Lipinski definition) is 8. The molecule has 8 nitrogen and oxygen atoms in total. The van der Waals surface area contributed by atoms with E-state index in [4.69, 9.17) is 30.5 Å². The topological polar surface area (TPSA) is 146 Å². The highest BCUT2D eigenvalue weighted by Crippen LogP contribution is 2.20. The fourth-order valence-electron chi connectivity index (χ4n) is 1.51. The van der Waals surface area contributed by atoms with Crippen molar-refractivity contribution < 1.29 is 35.0 Å². The zero-order valence-corrected chi connectivity index (χ0v) is 9.22. The largest absolute Gasteiger partial charge is 0.394 e. The Hall–Kier alpha value is -0.320. The van der Waals surface area contributed by atoms with Crippen LogP contribution in [0.3, 0.4) is 0 Å². The monoisotopic (exact) mass is 253 g/mol. The van der Waals surface area contributed by atoms with E-state index in [0.29, 0.717) is 0 Å². The van der Waals surface area contributed by atoms with E-state index >= 15 is 0 Å². The molecule has 1 aliphatic rings. The summed E-state index contributed by atoms with van der Waals surface area (Å²) in [6.45, 7) is -1.19. The van der Waals surface area contributed by atoms with Gasteiger partial charge in [-0.2, -0.15) is 0 Å². The van der Waals surface area contributed by atoms with Crippen LogP contribution in [-0.2, 0) is 9.47 Å². The average molecular weight is 253 g/mol. The molecule has 0 saturated carbocycles. The summed E-state index contributed by atoms with van der Waals surface area (Å²) in [5.41, 5.74) is 5.57. The first-order valence-corrected chi connectivity index (χ1v) is 5.29. The SMILES string of the molecule is N[C@H]1[C@@H](OCC(O)CO)O[C@H](CO)[C@@H](O)[C@@H]1O. The summed E-state index contributed by atoms with van der Waals surface area (Å²) in [6.07, 6.45) is -5.73. The first-order chi connectivity index (χ1) is 8.01. The zero-order chi connectivity index (χ0) is 13.0. The minimum absolute atomic E-state index is 0.226. The van der Waals surface area contributed by atoms with Crippen molar-refractivity contribution in [1.29, 1.82) is 0 Å². The summed E-state index contributed by atoms with van der Waals surface area (Å²) in [4.78, 5) is 0. The second kappa shape index (κ2) is 6.57. The Morgan fingerprint density at radius 1 is 1.24 bits per heavy atom. The van der Waals surface area contributed by atoms with Crippen LogP contribution in [-0.4, -0.2) is 82.1 Å². The maximum Gasteiger partial charge on any atom is 0.175 e. The van der Waals surface area contributed by atoms with Crippen LogP contribution in [0.15, 0.2) is 0 Å². The van der Waals surface area contributed by atoms with Crippen molar-refractivity contribution in [2.45, 2.75) is 36.7 Å². The summed E-state index contributed by atoms with van der Waals surface area (Å²) >= 11 is 0. The number of rotatable bonds is 5. The summed E-state index contributed by atoms with van der Waals surface area (Å²) in [7, 11) is 0. The van der Waals surface area contributed by atoms with Gasteiger partial charge in [-0.25, -0.2) is 0 Å². The Labute approximate surface area is 98.2 Å². The number of ether oxygens (including phenoxy) is 2. The summed E-state index contributed by atoms with van der Waals surface area (Å²) in [5, 5.41) is 45.7. The first kappa shape index (κ1) is 14.7. The summed E-state index contributed by atoms with van der Waals surface area (Å²) in [5.74, 6) is 0. The van der Waals surface area contributed by atoms with E-state index < -0.39 is 50.0 Å². The third-order valence-electron chi connectivity index (χ3n) is 2.59. The minimum atomic E-state index is -1.29. The smallest absolute Gasteiger partial charge is 0.175 e. The van der Waals surface area contributed by atoms with E-state index in [-0.39, 0.29) is 6.61 Å². The van der Waals surface area contributed by atoms with Crippen LogP contribution in [0.4, 0.5) is 0 Å². The fraction of sp³-hybridized carbons (Fsp3) is 1.00. The van der Waals surface area contributed by atoms with Crippen molar-refractivity contribution in [1.82, 2.24) is 0 Å². The Balaban J connectivity index is 2.53. The lowest BCUT2D eigenvalue weighted by molar-refractivity contribution is -0.270. The fourth-order valence-corrected chi connectivity index (χ4v) is 1.51. The summed E-state index contributed by atoms with van der Waals surface area (Å²) in [6, 6.07) is -1.00. The van der Waals surface area contributed by atoms with Gasteiger partial charge in [-0.15, -0.1) is 0 Å². The van der Waals surface area contributed by atoms with Crippen molar-refractivity contribution >= 4 is 0 Å². The Morgan fingerprint density at radius 3 is 2.41 bits per heavy atom. The lowest BCUT2D eigenvalue weighted by atomic mass is 9.98. The van der Waals surface area contributed by atoms with Gasteiger partial charge in [-0.1, -0.05) is 0 Å². The van der Waals surface area contributed by atoms with Crippen LogP contribution >= 0.6 is 0 Å². The molecule has 7 N–H and O–H groups in total. The lowest BCUT2D eigenvalue weighted by Crippen LogP contribution is -2.62. The number of aliphatic hydroxyl groups excluding tert-OH is 5. The number of hydrogen-bond donors (Lipinski definition) is 6. The number of nitrogens with two attached hydrogens (primary N) is 1. The number of aliphatic hydroxyl groups is 5. The minimum Gasteiger partial charge on any atom is -0.394 e. The van der Waals surface area contributed by atoms with Gasteiger partial charge >= 0.3 is 0 Å². The molecule has 0 bridgehead atoms. The van der Waals surface area contributed by atoms with Crippen LogP contribution in [0.2, 0.25) is 0 Å². The van der Waals surface area contributed by atoms with E-state index in [0.717, 1.165) is 0 Å². The van der Waals surface area contributed by atoms with Gasteiger partial charge in [0.1, 0.15) is 24.4 Å². The molecule has 0 aromatic heterocycles. The van der Waals surface area contributed by atoms with E-state index in [1.165, 1.54) is 0 Å². The highest BCUT2D eigenvalue weighted by Gasteiger charge is 2.43. The molecular weight excluding hydrogens is 234 g/mol. The standard InChI is InChI=1S/C9H19NO7/c10-6-8(15)7(14)5(2-12)17-9(6)16-3-4(13)1-11/h4-9,11-15H,1-3,10H2/t4?,5-,6-,7-,8-,9+/m1/s1. The van der Waals surface area contributed by atoms with Crippen LogP contribution in [0.1, 0.15) is 0 Å². The van der Waals surface area contributed by atoms with Gasteiger partial charge in [0.25, 0.3) is 0 Å². The highest BCUT2D eigenvalue weighted by atomic mass is 16.7. The van der Waals surface area contributed by atoms with Crippen molar-refractivity contribution in [3.05, 3.63) is 0 Å². The quantitative estimate of drug-likeness (QED) is 0.292. The second-order valence-electron chi connectivity index (χ2n) is 3.95. The third-order valence-corrected chi connectivity index (χ3v) is 2.59. The van der Waals surface area contributed by atoms with E-state index in [9.17, 15) is 10.2 Å². The predicted octanol–water partition coefficient (Wildman–Crippen LogP) is -3.88. The third kappa shape index (κ3) is 3.57. The Bertz CT molecular complexity index is 227. The molecule has 1 saturated heterocycles. The molecule has 8 heteroatoms. The van der Waals surface area contributed by atoms with Crippen molar-refractivity contribution in [2.75, 3.05) is 19.8 Å². The molecule has 0 aromatic rings. The predicted molar refractivity (Wildman–Crippen MR) is 54.8 cm³/mol. The molecular formula is C9H19NO7. The second-order valence-corrected chi connectivity index (χ2v) is 3.95. The van der Waals surface area contributed by atoms with Gasteiger partial charge in [0.15, 0.2) is 6.29 Å². The summed E-state index contributed by atoms with van der Waals surface area (Å²) < 4.78 is 10.2. The molecule has 1 aliphatic heterocycles. The molecule has 1 rings (SSSR count). The van der Waals surface area contributed by atoms with Crippen LogP contribution in [0, 0.1) is 0 Å². The van der Waals surface area contributed by atoms with Crippen molar-refractivity contribution in [2.24, 2.45) is 5.73 Å². The maximum atomic E-state index is 9.58. The van der Waals surface area contributed by atoms with Gasteiger partial charge in [0.05, 0.1) is 25.9 Å². The van der Waals surface area contributed by atoms with Crippen molar-refractivity contribution in [3.8, 4) is 0 Å². The molecule has 0 amide bonds. The lowest BCUT2D eigenvalue weighted by Gasteiger charge is -2.40. The molecule has 0 aromatic carbocycles. The van der Waals surface area contributed by atoms with Gasteiger partial charge in [-0.3, -0.25) is 0 Å². The molecule has 1 unspecified atom stereocenters. The van der Waals surface area contributed by atoms with Gasteiger partial charge < -0.3 is 40.7 Å². The van der Waals surface area contributed by atoms with E-state index in [1.807, 2.05) is 0 Å². The average Bonchev–Trinajstić information content (AvgIpc) is 2.34. The molecule has 1 heterocycles. The van der Waals surface area contributed by atoms with Crippen LogP contribution in [0.25, 0.3) is 0 Å². The Kier molecular flexibility index (Phi) is 5.70. The molecule has 102 valence electrons. The van der Waals surface area contributed by atoms with Crippen LogP contribution < -0.4 is 5.73 Å². The highest BCUT2D eigenvalue weighted by molar-refractivity contribution is 4.91. The van der Waals surface area contributed by atoms with Gasteiger partial charge in [-0.05, 0) is 0 Å². The maximum absolute atomic E-state index is 9.58. The molecule has 6 atom stereocenters. The molecule has 0 radical (unpaired) electrons.